The number of aliphatic hydroxyl groups is 2. The van der Waals surface area contributed by atoms with Crippen molar-refractivity contribution < 1.29 is 90.1 Å². The summed E-state index contributed by atoms with van der Waals surface area (Å²) in [6, 6.07) is 7.14. The van der Waals surface area contributed by atoms with Gasteiger partial charge in [-0.05, 0) is 18.9 Å². The van der Waals surface area contributed by atoms with Crippen molar-refractivity contribution in [1.82, 2.24) is 40.8 Å². The van der Waals surface area contributed by atoms with Crippen LogP contribution in [0, 0.1) is 5.41 Å². The highest BCUT2D eigenvalue weighted by Gasteiger charge is 2.50. The molecule has 3 heterocycles. The number of carbonyl (C=O) groups excluding carboxylic acids is 5. The third kappa shape index (κ3) is 19.6. The summed E-state index contributed by atoms with van der Waals surface area (Å²) >= 11 is 5.27. The maximum Gasteiger partial charge on any atom is 0.481 e. The van der Waals surface area contributed by atoms with E-state index in [0.717, 1.165) is 53.8 Å². The zero-order valence-corrected chi connectivity index (χ0v) is 44.4. The second-order valence-electron chi connectivity index (χ2n) is 17.2. The number of hydrogen-bond acceptors (Lipinski definition) is 21. The van der Waals surface area contributed by atoms with Gasteiger partial charge in [-0.15, -0.1) is 0 Å². The lowest BCUT2D eigenvalue weighted by molar-refractivity contribution is -0.137. The molecule has 73 heavy (non-hydrogen) atoms. The molecule has 1 aliphatic heterocycles. The summed E-state index contributed by atoms with van der Waals surface area (Å²) in [5.41, 5.74) is 4.99. The van der Waals surface area contributed by atoms with Gasteiger partial charge in [0.2, 0.25) is 28.7 Å². The van der Waals surface area contributed by atoms with E-state index in [-0.39, 0.29) is 48.7 Å². The molecule has 1 fully saturated rings. The minimum absolute atomic E-state index is 0.0151. The van der Waals surface area contributed by atoms with E-state index >= 15 is 0 Å². The van der Waals surface area contributed by atoms with Crippen LogP contribution >= 0.6 is 47.9 Å². The number of phosphoric acid groups is 3. The quantitative estimate of drug-likeness (QED) is 0.0249. The lowest BCUT2D eigenvalue weighted by atomic mass is 9.87. The zero-order valence-electron chi connectivity index (χ0n) is 40.0. The molecule has 10 unspecified atom stereocenters. The number of rotatable bonds is 30. The van der Waals surface area contributed by atoms with E-state index in [4.69, 9.17) is 19.5 Å². The number of nitrogens with two attached hydrogens (primary N) is 1. The fraction of sp³-hybridized carbons (Fsp3) is 0.600. The first-order valence-corrected chi connectivity index (χ1v) is 28.5. The maximum atomic E-state index is 13.3. The molecule has 3 aromatic rings. The number of nitrogens with one attached hydrogen (secondary N) is 4. The number of fused-ring (bicyclic) bond motifs is 1. The number of hydrogen-bond donors (Lipinski definition) is 12. The maximum absolute atomic E-state index is 13.3. The Labute approximate surface area is 428 Å². The highest BCUT2D eigenvalue weighted by Crippen LogP contribution is 2.61. The number of nitrogens with zero attached hydrogens (tertiary/aromatic N) is 4. The second kappa shape index (κ2) is 27.7. The molecule has 408 valence electrons. The van der Waals surface area contributed by atoms with Gasteiger partial charge in [-0.1, -0.05) is 82.1 Å². The van der Waals surface area contributed by atoms with Crippen LogP contribution in [0.15, 0.2) is 43.0 Å². The van der Waals surface area contributed by atoms with Crippen LogP contribution in [0.1, 0.15) is 71.6 Å². The van der Waals surface area contributed by atoms with Crippen LogP contribution in [-0.2, 0) is 66.7 Å². The SMILES string of the molecule is CCCCCC(S)C(=O)NC(Cc1ccccc1)C(=O)NC(C)C(=O)SCCNC(=O)CCNC(=O)C(O)C(C)(C)COP(=O)(O)OP(=O)(O)OCC1OC(n2cnc3c(N)ncnc32)C(O)C1OP(=O)(O)O. The molecular formula is C40H62N9O19P3S2. The highest BCUT2D eigenvalue weighted by atomic mass is 32.2. The molecule has 0 spiro atoms. The van der Waals surface area contributed by atoms with Crippen molar-refractivity contribution in [3.05, 3.63) is 48.5 Å². The van der Waals surface area contributed by atoms with E-state index in [2.05, 4.69) is 57.7 Å². The summed E-state index contributed by atoms with van der Waals surface area (Å²) in [7, 11) is -16.5. The molecule has 28 nitrogen and oxygen atoms in total. The normalized spacial score (nSPS) is 20.5. The number of unbranched alkanes of at least 4 members (excludes halogenated alkanes) is 2. The molecule has 0 saturated carbocycles. The minimum atomic E-state index is -5.62. The molecule has 4 rings (SSSR count). The van der Waals surface area contributed by atoms with Gasteiger partial charge < -0.3 is 61.5 Å². The van der Waals surface area contributed by atoms with Crippen molar-refractivity contribution in [2.45, 2.75) is 114 Å². The highest BCUT2D eigenvalue weighted by molar-refractivity contribution is 8.13. The van der Waals surface area contributed by atoms with Crippen LogP contribution in [-0.4, -0.2) is 152 Å². The molecule has 4 amide bonds. The van der Waals surface area contributed by atoms with Gasteiger partial charge in [-0.25, -0.2) is 28.6 Å². The third-order valence-corrected chi connectivity index (χ3v) is 15.4. The number of aromatic nitrogens is 4. The van der Waals surface area contributed by atoms with Gasteiger partial charge >= 0.3 is 23.5 Å². The fourth-order valence-corrected chi connectivity index (χ4v) is 10.6. The number of aliphatic hydroxyl groups excluding tert-OH is 2. The number of thioether (sulfide) groups is 1. The van der Waals surface area contributed by atoms with Gasteiger partial charge in [0.1, 0.15) is 42.3 Å². The molecular weight excluding hydrogens is 1070 g/mol. The van der Waals surface area contributed by atoms with Crippen LogP contribution in [0.25, 0.3) is 11.2 Å². The topological polar surface area (TPSA) is 422 Å². The molecule has 0 bridgehead atoms. The Kier molecular flexibility index (Phi) is 23.4. The zero-order chi connectivity index (χ0) is 54.3. The largest absolute Gasteiger partial charge is 0.481 e. The number of nitrogen functional groups attached to an aromatic ring is 1. The van der Waals surface area contributed by atoms with E-state index in [1.54, 1.807) is 12.1 Å². The number of carbonyl (C=O) groups is 5. The van der Waals surface area contributed by atoms with Gasteiger partial charge in [0, 0.05) is 37.1 Å². The number of phosphoric ester groups is 3. The van der Waals surface area contributed by atoms with Gasteiger partial charge in [0.05, 0.1) is 30.8 Å². The summed E-state index contributed by atoms with van der Waals surface area (Å²) in [4.78, 5) is 116. The first-order chi connectivity index (χ1) is 34.1. The van der Waals surface area contributed by atoms with Gasteiger partial charge in [0.25, 0.3) is 0 Å². The Balaban J connectivity index is 1.17. The van der Waals surface area contributed by atoms with E-state index in [1.165, 1.54) is 20.8 Å². The Morgan fingerprint density at radius 3 is 2.30 bits per heavy atom. The molecule has 33 heteroatoms. The summed E-state index contributed by atoms with van der Waals surface area (Å²) < 4.78 is 62.5. The Hall–Kier alpha value is -3.93. The molecule has 1 aromatic carbocycles. The summed E-state index contributed by atoms with van der Waals surface area (Å²) in [5.74, 6) is -2.45. The van der Waals surface area contributed by atoms with Crippen molar-refractivity contribution in [2.24, 2.45) is 5.41 Å². The van der Waals surface area contributed by atoms with Crippen molar-refractivity contribution in [1.29, 1.82) is 0 Å². The average Bonchev–Trinajstić information content (AvgIpc) is 3.88. The fourth-order valence-electron chi connectivity index (χ4n) is 6.83. The van der Waals surface area contributed by atoms with Crippen LogP contribution in [0.4, 0.5) is 5.82 Å². The molecule has 2 aromatic heterocycles. The van der Waals surface area contributed by atoms with Crippen LogP contribution in [0.3, 0.4) is 0 Å². The van der Waals surface area contributed by atoms with Crippen LogP contribution < -0.4 is 27.0 Å². The molecule has 0 radical (unpaired) electrons. The molecule has 1 aliphatic rings. The lowest BCUT2D eigenvalue weighted by Crippen LogP contribution is -2.52. The predicted molar refractivity (Wildman–Crippen MR) is 264 cm³/mol. The lowest BCUT2D eigenvalue weighted by Gasteiger charge is -2.30. The molecule has 0 aliphatic carbocycles. The Morgan fingerprint density at radius 2 is 1.63 bits per heavy atom. The Bertz CT molecular complexity index is 2510. The number of thiol groups is 1. The summed E-state index contributed by atoms with van der Waals surface area (Å²) in [6.45, 7) is 3.65. The smallest absolute Gasteiger partial charge is 0.386 e. The van der Waals surface area contributed by atoms with Crippen molar-refractivity contribution in [3.63, 3.8) is 0 Å². The average molecular weight is 1130 g/mol. The third-order valence-electron chi connectivity index (χ3n) is 10.8. The van der Waals surface area contributed by atoms with E-state index in [0.29, 0.717) is 6.42 Å². The minimum Gasteiger partial charge on any atom is -0.386 e. The van der Waals surface area contributed by atoms with E-state index in [1.807, 2.05) is 25.1 Å². The number of imidazole rings is 1. The number of amides is 4. The van der Waals surface area contributed by atoms with Gasteiger partial charge in [0.15, 0.2) is 17.7 Å². The van der Waals surface area contributed by atoms with Gasteiger partial charge in [-0.3, -0.25) is 42.1 Å². The summed E-state index contributed by atoms with van der Waals surface area (Å²) in [5, 5.41) is 31.0. The van der Waals surface area contributed by atoms with Crippen molar-refractivity contribution in [2.75, 3.05) is 37.8 Å². The standard InChI is InChI=1S/C40H62N9O19P3S2/c1-5-6-8-13-27(72)36(54)48-25(18-24-11-9-7-10-12-24)35(53)47-23(2)39(56)73-17-16-42-28(50)14-15-43-37(55)32(52)40(3,4)20-65-71(62,63)68-70(60,61)64-19-26-31(67-69(57,58)59)30(51)38(66-26)49-22-46-29-33(41)44-21-45-34(29)49/h7,9-12,21-23,25-27,30-32,38,51-52,72H,5-6,8,13-20H2,1-4H3,(H,42,50)(H,43,55)(H,47,53)(H,48,54)(H,60,61)(H,62,63)(H2,41,44,45)(H2,57,58,59). The van der Waals surface area contributed by atoms with E-state index < -0.39 is 119 Å². The van der Waals surface area contributed by atoms with E-state index in [9.17, 15) is 67.5 Å². The van der Waals surface area contributed by atoms with Crippen molar-refractivity contribution >= 4 is 93.6 Å². The van der Waals surface area contributed by atoms with Crippen LogP contribution in [0.5, 0.6) is 0 Å². The second-order valence-corrected chi connectivity index (χ2v) is 23.2. The number of ether oxygens (including phenoxy) is 1. The van der Waals surface area contributed by atoms with Crippen molar-refractivity contribution in [3.8, 4) is 0 Å². The number of anilines is 1. The number of benzene rings is 1. The molecule has 1 saturated heterocycles. The summed E-state index contributed by atoms with van der Waals surface area (Å²) in [6.07, 6.45) is -3.76. The Morgan fingerprint density at radius 1 is 0.945 bits per heavy atom. The molecule has 12 N–H and O–H groups in total. The first-order valence-electron chi connectivity index (χ1n) is 22.5. The van der Waals surface area contributed by atoms with Gasteiger partial charge in [-0.2, -0.15) is 16.9 Å². The van der Waals surface area contributed by atoms with Crippen LogP contribution in [0.2, 0.25) is 0 Å². The monoisotopic (exact) mass is 1130 g/mol. The predicted octanol–water partition coefficient (Wildman–Crippen LogP) is 0.776. The molecule has 10 atom stereocenters. The first kappa shape index (κ1) is 61.6.